The number of ether oxygens (including phenoxy) is 1. The molecule has 1 saturated carbocycles. The number of hydrogen-bond donors (Lipinski definition) is 1. The van der Waals surface area contributed by atoms with Crippen molar-refractivity contribution in [3.05, 3.63) is 76.1 Å². The van der Waals surface area contributed by atoms with Gasteiger partial charge in [0.2, 0.25) is 0 Å². The first-order chi connectivity index (χ1) is 19.2. The van der Waals surface area contributed by atoms with Gasteiger partial charge in [-0.2, -0.15) is 13.2 Å². The van der Waals surface area contributed by atoms with Gasteiger partial charge in [-0.3, -0.25) is 15.0 Å². The van der Waals surface area contributed by atoms with Crippen molar-refractivity contribution >= 4 is 27.8 Å². The topological polar surface area (TPSA) is 70.9 Å². The molecule has 2 fully saturated rings. The summed E-state index contributed by atoms with van der Waals surface area (Å²) in [5.41, 5.74) is -0.805. The second kappa shape index (κ2) is 12.0. The van der Waals surface area contributed by atoms with Crippen molar-refractivity contribution in [2.24, 2.45) is 0 Å². The minimum atomic E-state index is -4.80. The minimum absolute atomic E-state index is 0.00963. The van der Waals surface area contributed by atoms with E-state index in [4.69, 9.17) is 4.74 Å². The molecular formula is C29H32F4N4O3. The monoisotopic (exact) mass is 560 g/mol. The normalized spacial score (nSPS) is 20.6. The lowest BCUT2D eigenvalue weighted by molar-refractivity contribution is -0.388. The van der Waals surface area contributed by atoms with Gasteiger partial charge in [0.15, 0.2) is 0 Å². The van der Waals surface area contributed by atoms with Crippen LogP contribution in [0, 0.1) is 15.9 Å². The van der Waals surface area contributed by atoms with E-state index in [1.165, 1.54) is 12.1 Å². The highest BCUT2D eigenvalue weighted by Crippen LogP contribution is 2.38. The summed E-state index contributed by atoms with van der Waals surface area (Å²) in [5.74, 6) is -0.231. The summed E-state index contributed by atoms with van der Waals surface area (Å²) in [6, 6.07) is 14.0. The molecule has 0 aromatic heterocycles. The number of nitrogens with one attached hydrogen (secondary N) is 1. The molecule has 5 rings (SSSR count). The van der Waals surface area contributed by atoms with Crippen molar-refractivity contribution < 1.29 is 27.2 Å². The maximum atomic E-state index is 13.5. The first kappa shape index (κ1) is 28.1. The Morgan fingerprint density at radius 2 is 1.62 bits per heavy atom. The molecule has 1 N–H and O–H groups in total. The Bertz CT molecular complexity index is 1340. The Morgan fingerprint density at radius 1 is 0.925 bits per heavy atom. The second-order valence-corrected chi connectivity index (χ2v) is 10.5. The summed E-state index contributed by atoms with van der Waals surface area (Å²) >= 11 is 0. The van der Waals surface area contributed by atoms with Crippen LogP contribution in [0.25, 0.3) is 10.8 Å². The third-order valence-corrected chi connectivity index (χ3v) is 7.83. The molecule has 1 heterocycles. The molecule has 1 saturated heterocycles. The summed E-state index contributed by atoms with van der Waals surface area (Å²) < 4.78 is 59.4. The Balaban J connectivity index is 1.02. The van der Waals surface area contributed by atoms with E-state index >= 15 is 0 Å². The van der Waals surface area contributed by atoms with E-state index in [0.29, 0.717) is 6.61 Å². The number of rotatable bonds is 8. The average molecular weight is 561 g/mol. The first-order valence-corrected chi connectivity index (χ1v) is 13.6. The van der Waals surface area contributed by atoms with Crippen LogP contribution < -0.4 is 10.2 Å². The Kier molecular flexibility index (Phi) is 8.41. The van der Waals surface area contributed by atoms with E-state index in [-0.39, 0.29) is 23.7 Å². The number of nitro groups is 1. The quantitative estimate of drug-likeness (QED) is 0.194. The van der Waals surface area contributed by atoms with Gasteiger partial charge < -0.3 is 15.0 Å². The molecule has 1 aliphatic carbocycles. The highest BCUT2D eigenvalue weighted by Gasteiger charge is 2.38. The number of piperazine rings is 1. The molecule has 3 aromatic carbocycles. The number of fused-ring (bicyclic) bond motifs is 1. The molecule has 7 nitrogen and oxygen atoms in total. The van der Waals surface area contributed by atoms with Crippen molar-refractivity contribution in [3.8, 4) is 0 Å². The molecule has 2 aliphatic rings. The summed E-state index contributed by atoms with van der Waals surface area (Å²) in [6.07, 6.45) is -1.58. The van der Waals surface area contributed by atoms with E-state index < -0.39 is 22.4 Å². The van der Waals surface area contributed by atoms with E-state index in [9.17, 15) is 27.7 Å². The van der Waals surface area contributed by atoms with Crippen molar-refractivity contribution in [2.45, 2.75) is 44.0 Å². The number of alkyl halides is 3. The fourth-order valence-corrected chi connectivity index (χ4v) is 5.60. The number of halogens is 4. The predicted molar refractivity (Wildman–Crippen MR) is 146 cm³/mol. The lowest BCUT2D eigenvalue weighted by atomic mass is 9.92. The van der Waals surface area contributed by atoms with Crippen LogP contribution in [0.15, 0.2) is 54.6 Å². The predicted octanol–water partition coefficient (Wildman–Crippen LogP) is 6.47. The van der Waals surface area contributed by atoms with Crippen LogP contribution in [0.2, 0.25) is 0 Å². The van der Waals surface area contributed by atoms with Gasteiger partial charge in [0.25, 0.3) is 5.69 Å². The molecular weight excluding hydrogens is 528 g/mol. The van der Waals surface area contributed by atoms with E-state index in [1.807, 2.05) is 18.2 Å². The maximum absolute atomic E-state index is 13.5. The highest BCUT2D eigenvalue weighted by molar-refractivity contribution is 5.86. The molecule has 0 bridgehead atoms. The van der Waals surface area contributed by atoms with Gasteiger partial charge in [0, 0.05) is 56.2 Å². The molecule has 3 aromatic rings. The van der Waals surface area contributed by atoms with Crippen molar-refractivity contribution in [3.63, 3.8) is 0 Å². The van der Waals surface area contributed by atoms with Crippen molar-refractivity contribution in [2.75, 3.05) is 49.5 Å². The Labute approximate surface area is 229 Å². The molecule has 0 unspecified atom stereocenters. The lowest BCUT2D eigenvalue weighted by Gasteiger charge is -2.36. The maximum Gasteiger partial charge on any atom is 0.423 e. The molecule has 0 radical (unpaired) electrons. The molecule has 0 amide bonds. The number of nitro benzene ring substituents is 1. The van der Waals surface area contributed by atoms with Gasteiger partial charge in [0.05, 0.1) is 17.6 Å². The molecule has 0 spiro atoms. The smallest absolute Gasteiger partial charge is 0.382 e. The van der Waals surface area contributed by atoms with E-state index in [1.54, 1.807) is 6.07 Å². The van der Waals surface area contributed by atoms with Gasteiger partial charge in [-0.05, 0) is 72.9 Å². The molecule has 40 heavy (non-hydrogen) atoms. The number of anilines is 2. The van der Waals surface area contributed by atoms with Crippen LogP contribution in [-0.4, -0.2) is 61.3 Å². The van der Waals surface area contributed by atoms with Gasteiger partial charge in [-0.1, -0.05) is 12.1 Å². The summed E-state index contributed by atoms with van der Waals surface area (Å²) in [5, 5.41) is 16.0. The molecule has 214 valence electrons. The van der Waals surface area contributed by atoms with Crippen molar-refractivity contribution in [1.82, 2.24) is 4.90 Å². The number of nitrogens with zero attached hydrogens (tertiary/aromatic N) is 3. The van der Waals surface area contributed by atoms with E-state index in [2.05, 4.69) is 21.2 Å². The molecule has 1 aliphatic heterocycles. The van der Waals surface area contributed by atoms with Crippen molar-refractivity contribution in [1.29, 1.82) is 0 Å². The van der Waals surface area contributed by atoms with E-state index in [0.717, 1.165) is 87.0 Å². The fraction of sp³-hybridized carbons (Fsp3) is 0.448. The van der Waals surface area contributed by atoms with Gasteiger partial charge >= 0.3 is 6.18 Å². The summed E-state index contributed by atoms with van der Waals surface area (Å²) in [4.78, 5) is 14.7. The lowest BCUT2D eigenvalue weighted by Crippen LogP contribution is -2.47. The molecule has 0 atom stereocenters. The van der Waals surface area contributed by atoms with Gasteiger partial charge in [0.1, 0.15) is 11.4 Å². The Morgan fingerprint density at radius 3 is 2.33 bits per heavy atom. The largest absolute Gasteiger partial charge is 0.423 e. The zero-order valence-electron chi connectivity index (χ0n) is 22.0. The number of hydrogen-bond acceptors (Lipinski definition) is 6. The van der Waals surface area contributed by atoms with Gasteiger partial charge in [-0.25, -0.2) is 4.39 Å². The van der Waals surface area contributed by atoms with Crippen LogP contribution in [-0.2, 0) is 10.9 Å². The van der Waals surface area contributed by atoms with Gasteiger partial charge in [-0.15, -0.1) is 0 Å². The third kappa shape index (κ3) is 6.82. The van der Waals surface area contributed by atoms with Crippen LogP contribution in [0.3, 0.4) is 0 Å². The molecule has 11 heteroatoms. The van der Waals surface area contributed by atoms with Crippen LogP contribution in [0.1, 0.15) is 31.2 Å². The third-order valence-electron chi connectivity index (χ3n) is 7.83. The standard InChI is InChI=1S/C29H32F4N4O3/c30-22-3-1-21-18-25(7-2-20(21)17-22)36-13-11-35(12-14-36)15-16-40-26-8-4-23(5-9-26)34-24-6-10-28(37(38)39)27(19-24)29(31,32)33/h1-3,6-7,10,17-19,23,26,34H,4-5,8-9,11-16H2. The zero-order chi connectivity index (χ0) is 28.3. The zero-order valence-corrected chi connectivity index (χ0v) is 22.0. The summed E-state index contributed by atoms with van der Waals surface area (Å²) in [6.45, 7) is 5.13. The average Bonchev–Trinajstić information content (AvgIpc) is 2.93. The van der Waals surface area contributed by atoms with Crippen LogP contribution >= 0.6 is 0 Å². The highest BCUT2D eigenvalue weighted by atomic mass is 19.4. The first-order valence-electron chi connectivity index (χ1n) is 13.6. The van der Waals surface area contributed by atoms with Crippen LogP contribution in [0.4, 0.5) is 34.6 Å². The van der Waals surface area contributed by atoms with Crippen LogP contribution in [0.5, 0.6) is 0 Å². The Hall–Kier alpha value is -3.44. The fourth-order valence-electron chi connectivity index (χ4n) is 5.60. The summed E-state index contributed by atoms with van der Waals surface area (Å²) in [7, 11) is 0. The number of benzene rings is 3. The minimum Gasteiger partial charge on any atom is -0.382 e. The SMILES string of the molecule is O=[N+]([O-])c1ccc(NC2CCC(OCCN3CCN(c4ccc5cc(F)ccc5c4)CC3)CC2)cc1C(F)(F)F. The second-order valence-electron chi connectivity index (χ2n) is 10.5.